The summed E-state index contributed by atoms with van der Waals surface area (Å²) in [6.07, 6.45) is -1.38. The Morgan fingerprint density at radius 2 is 1.65 bits per heavy atom. The number of imide groups is 2. The molecule has 4 aliphatic rings. The quantitative estimate of drug-likeness (QED) is 0.151. The Bertz CT molecular complexity index is 2260. The average Bonchev–Trinajstić information content (AvgIpc) is 3.52. The molecule has 2 aliphatic carbocycles. The predicted octanol–water partition coefficient (Wildman–Crippen LogP) is 7.86. The number of pyridine rings is 1. The molecule has 2 saturated heterocycles. The number of benzene rings is 3. The summed E-state index contributed by atoms with van der Waals surface area (Å²) in [5, 5.41) is 11.4. The lowest BCUT2D eigenvalue weighted by Crippen LogP contribution is -2.53. The summed E-state index contributed by atoms with van der Waals surface area (Å²) in [7, 11) is 0. The van der Waals surface area contributed by atoms with Crippen molar-refractivity contribution in [3.63, 3.8) is 0 Å². The highest BCUT2D eigenvalue weighted by Crippen LogP contribution is 2.64. The van der Waals surface area contributed by atoms with Crippen molar-refractivity contribution in [3.05, 3.63) is 129 Å². The van der Waals surface area contributed by atoms with Gasteiger partial charge in [0.2, 0.25) is 11.8 Å². The van der Waals surface area contributed by atoms with Crippen LogP contribution in [0.25, 0.3) is 0 Å². The fraction of sp³-hybridized carbons (Fsp3) is 0.275. The standard InChI is InChI=1S/C40H31Cl2F3N4O5/c1-2-20-6-12-25(13-7-20)48-35(51)28-15-14-27-29(32(28)37(48)53)18-30-36(52)49(47-34-31(42)17-23(19-46-34)40(43,44)45)38(54)39(30,22-8-10-24(41)11-9-22)33(27)21-4-3-5-26(50)16-21/h3-14,16-17,19,28-30,32-33,50H,2,15,18H2,1H3,(H,46,47)/t28-,29+,30-,32-,33-,39+/m0/s1. The fourth-order valence-corrected chi connectivity index (χ4v) is 9.33. The molecule has 0 unspecified atom stereocenters. The second kappa shape index (κ2) is 13.0. The van der Waals surface area contributed by atoms with E-state index in [-0.39, 0.29) is 30.3 Å². The van der Waals surface area contributed by atoms with Crippen LogP contribution in [0.3, 0.4) is 0 Å². The summed E-state index contributed by atoms with van der Waals surface area (Å²) in [4.78, 5) is 63.5. The maximum atomic E-state index is 15.2. The van der Waals surface area contributed by atoms with Crippen LogP contribution in [-0.2, 0) is 37.2 Å². The normalized spacial score (nSPS) is 26.4. The molecule has 14 heteroatoms. The highest BCUT2D eigenvalue weighted by Gasteiger charge is 2.70. The Labute approximate surface area is 317 Å². The number of hydrogen-bond acceptors (Lipinski definition) is 7. The minimum absolute atomic E-state index is 0.0243. The summed E-state index contributed by atoms with van der Waals surface area (Å²) in [6, 6.07) is 20.6. The first-order chi connectivity index (χ1) is 25.7. The summed E-state index contributed by atoms with van der Waals surface area (Å²) >= 11 is 12.6. The number of aromatic nitrogens is 1. The summed E-state index contributed by atoms with van der Waals surface area (Å²) < 4.78 is 40.4. The first kappa shape index (κ1) is 35.8. The first-order valence-electron chi connectivity index (χ1n) is 17.3. The number of aromatic hydroxyl groups is 1. The molecule has 0 radical (unpaired) electrons. The van der Waals surface area contributed by atoms with Gasteiger partial charge < -0.3 is 5.11 Å². The van der Waals surface area contributed by atoms with Crippen molar-refractivity contribution >= 4 is 58.3 Å². The Morgan fingerprint density at radius 1 is 0.926 bits per heavy atom. The molecule has 1 aromatic heterocycles. The van der Waals surface area contributed by atoms with E-state index in [4.69, 9.17) is 23.2 Å². The number of nitrogens with one attached hydrogen (secondary N) is 1. The highest BCUT2D eigenvalue weighted by atomic mass is 35.5. The largest absolute Gasteiger partial charge is 0.508 e. The second-order valence-electron chi connectivity index (χ2n) is 14.0. The van der Waals surface area contributed by atoms with E-state index in [9.17, 15) is 32.7 Å². The van der Waals surface area contributed by atoms with E-state index in [1.165, 1.54) is 17.0 Å². The van der Waals surface area contributed by atoms with E-state index < -0.39 is 69.5 Å². The van der Waals surface area contributed by atoms with E-state index >= 15 is 4.79 Å². The van der Waals surface area contributed by atoms with E-state index in [1.54, 1.807) is 48.5 Å². The van der Waals surface area contributed by atoms with Gasteiger partial charge >= 0.3 is 6.18 Å². The van der Waals surface area contributed by atoms with Gasteiger partial charge in [0, 0.05) is 17.1 Å². The molecule has 3 aromatic carbocycles. The lowest BCUT2D eigenvalue weighted by atomic mass is 9.49. The highest BCUT2D eigenvalue weighted by molar-refractivity contribution is 6.33. The van der Waals surface area contributed by atoms with Crippen LogP contribution in [0.15, 0.2) is 96.7 Å². The van der Waals surface area contributed by atoms with Crippen LogP contribution in [0.5, 0.6) is 5.75 Å². The number of phenols is 1. The zero-order chi connectivity index (χ0) is 38.3. The minimum Gasteiger partial charge on any atom is -0.508 e. The van der Waals surface area contributed by atoms with Crippen LogP contribution < -0.4 is 10.3 Å². The Hall–Kier alpha value is -5.20. The number of aryl methyl sites for hydroxylation is 1. The molecule has 8 rings (SSSR count). The van der Waals surface area contributed by atoms with Gasteiger partial charge in [-0.3, -0.25) is 29.5 Å². The second-order valence-corrected chi connectivity index (χ2v) is 14.9. The molecule has 3 heterocycles. The number of anilines is 2. The third-order valence-corrected chi connectivity index (χ3v) is 11.9. The third-order valence-electron chi connectivity index (χ3n) is 11.4. The smallest absolute Gasteiger partial charge is 0.417 e. The summed E-state index contributed by atoms with van der Waals surface area (Å²) in [6.45, 7) is 2.00. The van der Waals surface area contributed by atoms with E-state index in [2.05, 4.69) is 10.4 Å². The zero-order valence-corrected chi connectivity index (χ0v) is 30.0. The zero-order valence-electron chi connectivity index (χ0n) is 28.5. The lowest BCUT2D eigenvalue weighted by molar-refractivity contribution is -0.139. The van der Waals surface area contributed by atoms with Crippen molar-refractivity contribution in [2.24, 2.45) is 23.7 Å². The van der Waals surface area contributed by atoms with Crippen molar-refractivity contribution in [3.8, 4) is 5.75 Å². The molecule has 9 nitrogen and oxygen atoms in total. The third kappa shape index (κ3) is 5.40. The van der Waals surface area contributed by atoms with Crippen LogP contribution >= 0.6 is 23.2 Å². The number of fused-ring (bicyclic) bond motifs is 4. The fourth-order valence-electron chi connectivity index (χ4n) is 9.00. The predicted molar refractivity (Wildman–Crippen MR) is 193 cm³/mol. The van der Waals surface area contributed by atoms with Crippen molar-refractivity contribution in [1.29, 1.82) is 0 Å². The maximum Gasteiger partial charge on any atom is 0.417 e. The van der Waals surface area contributed by atoms with Crippen LogP contribution in [0.4, 0.5) is 24.7 Å². The number of rotatable bonds is 6. The Balaban J connectivity index is 1.29. The summed E-state index contributed by atoms with van der Waals surface area (Å²) in [5.74, 6) is -7.08. The topological polar surface area (TPSA) is 120 Å². The number of allylic oxidation sites excluding steroid dienone is 2. The van der Waals surface area contributed by atoms with Crippen molar-refractivity contribution in [2.45, 2.75) is 43.7 Å². The van der Waals surface area contributed by atoms with Crippen LogP contribution in [0.1, 0.15) is 47.9 Å². The minimum atomic E-state index is -4.74. The number of halogens is 5. The molecule has 1 saturated carbocycles. The molecule has 2 aliphatic heterocycles. The van der Waals surface area contributed by atoms with E-state index in [0.29, 0.717) is 39.7 Å². The molecule has 3 fully saturated rings. The first-order valence-corrected chi connectivity index (χ1v) is 18.1. The van der Waals surface area contributed by atoms with E-state index in [0.717, 1.165) is 17.0 Å². The number of alkyl halides is 3. The van der Waals surface area contributed by atoms with Gasteiger partial charge in [-0.15, -0.1) is 0 Å². The van der Waals surface area contributed by atoms with Gasteiger partial charge in [-0.25, -0.2) is 4.98 Å². The van der Waals surface area contributed by atoms with Gasteiger partial charge in [-0.2, -0.15) is 18.2 Å². The van der Waals surface area contributed by atoms with Gasteiger partial charge in [0.25, 0.3) is 11.8 Å². The van der Waals surface area contributed by atoms with Crippen molar-refractivity contribution in [2.75, 3.05) is 10.3 Å². The SMILES string of the molecule is CCc1ccc(N2C(=O)[C@H]3[C@H](CC=C4[C@H]3C[C@H]3C(=O)N(Nc5ncc(C(F)(F)F)cc5Cl)C(=O)[C@@]3(c3ccc(Cl)cc3)[C@H]4c3cccc(O)c3)C2=O)cc1. The lowest BCUT2D eigenvalue weighted by Gasteiger charge is -2.50. The molecule has 276 valence electrons. The van der Waals surface area contributed by atoms with Gasteiger partial charge in [0.15, 0.2) is 5.82 Å². The molecule has 0 spiro atoms. The molecule has 2 N–H and O–H groups in total. The Kier molecular flexibility index (Phi) is 8.61. The number of hydrazine groups is 1. The van der Waals surface area contributed by atoms with E-state index in [1.807, 2.05) is 25.1 Å². The molecule has 54 heavy (non-hydrogen) atoms. The van der Waals surface area contributed by atoms with Gasteiger partial charge in [-0.1, -0.05) is 78.2 Å². The molecular weight excluding hydrogens is 744 g/mol. The van der Waals surface area contributed by atoms with Crippen LogP contribution in [0, 0.1) is 23.7 Å². The van der Waals surface area contributed by atoms with Crippen LogP contribution in [-0.4, -0.2) is 38.7 Å². The molecule has 4 aromatic rings. The number of amides is 4. The summed E-state index contributed by atoms with van der Waals surface area (Å²) in [5.41, 5.74) is 2.80. The van der Waals surface area contributed by atoms with Gasteiger partial charge in [-0.05, 0) is 84.3 Å². The maximum absolute atomic E-state index is 15.2. The number of nitrogens with zero attached hydrogens (tertiary/aromatic N) is 3. The van der Waals surface area contributed by atoms with Gasteiger partial charge in [0.05, 0.1) is 39.4 Å². The molecule has 4 amide bonds. The van der Waals surface area contributed by atoms with Crippen molar-refractivity contribution < 1.29 is 37.5 Å². The number of carbonyl (C=O) groups is 4. The monoisotopic (exact) mass is 774 g/mol. The number of carbonyl (C=O) groups excluding carboxylic acids is 4. The average molecular weight is 776 g/mol. The molecule has 6 atom stereocenters. The number of hydrogen-bond donors (Lipinski definition) is 2. The Morgan fingerprint density at radius 3 is 2.30 bits per heavy atom. The van der Waals surface area contributed by atoms with Crippen molar-refractivity contribution in [1.82, 2.24) is 9.99 Å². The van der Waals surface area contributed by atoms with Crippen LogP contribution in [0.2, 0.25) is 10.0 Å². The van der Waals surface area contributed by atoms with Gasteiger partial charge in [0.1, 0.15) is 5.75 Å². The number of phenolic OH excluding ortho intramolecular Hbond substituents is 1. The molecular formula is C40H31Cl2F3N4O5. The molecule has 0 bridgehead atoms.